The number of thioether (sulfide) groups is 1. The molecule has 1 saturated heterocycles. The summed E-state index contributed by atoms with van der Waals surface area (Å²) < 4.78 is 16.7. The molecule has 1 amide bonds. The maximum atomic E-state index is 11.5. The number of hydrogen-bond donors (Lipinski definition) is 2. The summed E-state index contributed by atoms with van der Waals surface area (Å²) in [6.07, 6.45) is 4.51. The van der Waals surface area contributed by atoms with Crippen molar-refractivity contribution in [1.29, 1.82) is 0 Å². The van der Waals surface area contributed by atoms with Crippen LogP contribution in [0.1, 0.15) is 25.8 Å². The first-order chi connectivity index (χ1) is 12.0. The molecule has 0 radical (unpaired) electrons. The van der Waals surface area contributed by atoms with E-state index in [1.165, 1.54) is 0 Å². The van der Waals surface area contributed by atoms with Gasteiger partial charge in [0.15, 0.2) is 11.5 Å². The van der Waals surface area contributed by atoms with Gasteiger partial charge in [-0.25, -0.2) is 5.43 Å². The molecule has 2 N–H and O–H groups in total. The zero-order chi connectivity index (χ0) is 18.6. The third-order valence-corrected chi connectivity index (χ3v) is 5.13. The van der Waals surface area contributed by atoms with Gasteiger partial charge in [0.2, 0.25) is 5.91 Å². The number of hydrazine groups is 1. The summed E-state index contributed by atoms with van der Waals surface area (Å²) in [4.78, 5) is 12.4. The van der Waals surface area contributed by atoms with Crippen LogP contribution in [0.15, 0.2) is 16.5 Å². The lowest BCUT2D eigenvalue weighted by Gasteiger charge is -2.31. The van der Waals surface area contributed by atoms with Crippen molar-refractivity contribution in [3.63, 3.8) is 0 Å². The minimum atomic E-state index is 0.0155. The van der Waals surface area contributed by atoms with Gasteiger partial charge in [0.1, 0.15) is 5.75 Å². The molecule has 0 saturated carbocycles. The fraction of sp³-hybridized carbons (Fsp3) is 0.500. The molecule has 2 rings (SSSR count). The van der Waals surface area contributed by atoms with Crippen LogP contribution in [0.25, 0.3) is 6.08 Å². The minimum absolute atomic E-state index is 0.0155. The highest BCUT2D eigenvalue weighted by Gasteiger charge is 2.27. The largest absolute Gasteiger partial charge is 0.495 e. The molecule has 7 heteroatoms. The smallest absolute Gasteiger partial charge is 0.234 e. The topological polar surface area (TPSA) is 68.8 Å². The Morgan fingerprint density at radius 1 is 1.24 bits per heavy atom. The highest BCUT2D eigenvalue weighted by Crippen LogP contribution is 2.46. The molecule has 1 fully saturated rings. The summed E-state index contributed by atoms with van der Waals surface area (Å²) >= 11 is 1.55. The number of carbonyl (C=O) groups excluding carboxylic acids is 1. The second-order valence-electron chi connectivity index (χ2n) is 6.01. The van der Waals surface area contributed by atoms with Gasteiger partial charge >= 0.3 is 0 Å². The highest BCUT2D eigenvalue weighted by atomic mass is 32.2. The van der Waals surface area contributed by atoms with Crippen molar-refractivity contribution < 1.29 is 19.0 Å². The van der Waals surface area contributed by atoms with Crippen LogP contribution in [0.3, 0.4) is 0 Å². The fourth-order valence-electron chi connectivity index (χ4n) is 3.13. The summed E-state index contributed by atoms with van der Waals surface area (Å²) in [5.74, 6) is 2.28. The highest BCUT2D eigenvalue weighted by molar-refractivity contribution is 7.98. The van der Waals surface area contributed by atoms with Gasteiger partial charge in [-0.3, -0.25) is 10.2 Å². The molecule has 0 aromatic heterocycles. The molecule has 138 valence electrons. The van der Waals surface area contributed by atoms with Crippen molar-refractivity contribution in [2.75, 3.05) is 27.6 Å². The summed E-state index contributed by atoms with van der Waals surface area (Å²) in [5, 5.41) is 0. The van der Waals surface area contributed by atoms with Crippen LogP contribution in [0.4, 0.5) is 0 Å². The Morgan fingerprint density at radius 3 is 2.44 bits per heavy atom. The quantitative estimate of drug-likeness (QED) is 0.755. The van der Waals surface area contributed by atoms with Gasteiger partial charge in [0, 0.05) is 12.0 Å². The maximum Gasteiger partial charge on any atom is 0.234 e. The minimum Gasteiger partial charge on any atom is -0.495 e. The molecular formula is C18H26N2O4S. The lowest BCUT2D eigenvalue weighted by atomic mass is 9.90. The van der Waals surface area contributed by atoms with Crippen LogP contribution >= 0.6 is 11.8 Å². The molecule has 0 bridgehead atoms. The Balaban J connectivity index is 2.48. The molecule has 1 aliphatic rings. The van der Waals surface area contributed by atoms with Crippen molar-refractivity contribution in [2.45, 2.75) is 31.2 Å². The van der Waals surface area contributed by atoms with E-state index in [0.717, 1.165) is 21.8 Å². The molecule has 0 spiro atoms. The first-order valence-electron chi connectivity index (χ1n) is 8.06. The number of hydrogen-bond acceptors (Lipinski definition) is 6. The van der Waals surface area contributed by atoms with E-state index >= 15 is 0 Å². The van der Waals surface area contributed by atoms with Crippen molar-refractivity contribution in [3.05, 3.63) is 17.2 Å². The van der Waals surface area contributed by atoms with Gasteiger partial charge < -0.3 is 14.2 Å². The van der Waals surface area contributed by atoms with Crippen molar-refractivity contribution in [2.24, 2.45) is 5.92 Å². The van der Waals surface area contributed by atoms with Crippen molar-refractivity contribution in [1.82, 2.24) is 10.9 Å². The standard InChI is InChI=1S/C18H26N2O4S/c1-10(15-11(2)8-14(21)19-20-15)7-12-9-13(22-3)18(25-6)17(24-5)16(12)23-4/h7,9,11,15,20H,8H2,1-6H3,(H,19,21)/b10-7+. The third kappa shape index (κ3) is 4.04. The van der Waals surface area contributed by atoms with E-state index in [1.54, 1.807) is 33.1 Å². The van der Waals surface area contributed by atoms with Crippen molar-refractivity contribution in [3.8, 4) is 17.2 Å². The summed E-state index contributed by atoms with van der Waals surface area (Å²) in [7, 11) is 4.89. The first-order valence-corrected chi connectivity index (χ1v) is 9.28. The summed E-state index contributed by atoms with van der Waals surface area (Å²) in [5.41, 5.74) is 7.75. The second kappa shape index (κ2) is 8.49. The molecule has 6 nitrogen and oxygen atoms in total. The van der Waals surface area contributed by atoms with E-state index in [1.807, 2.05) is 25.3 Å². The molecule has 0 aliphatic carbocycles. The summed E-state index contributed by atoms with van der Waals surface area (Å²) in [6, 6.07) is 2.00. The molecule has 25 heavy (non-hydrogen) atoms. The average molecular weight is 366 g/mol. The van der Waals surface area contributed by atoms with Gasteiger partial charge in [-0.2, -0.15) is 0 Å². The molecular weight excluding hydrogens is 340 g/mol. The van der Waals surface area contributed by atoms with Crippen LogP contribution in [-0.4, -0.2) is 39.5 Å². The lowest BCUT2D eigenvalue weighted by Crippen LogP contribution is -2.53. The van der Waals surface area contributed by atoms with E-state index in [0.29, 0.717) is 17.9 Å². The molecule has 1 aromatic carbocycles. The fourth-order valence-corrected chi connectivity index (χ4v) is 3.83. The van der Waals surface area contributed by atoms with E-state index in [4.69, 9.17) is 14.2 Å². The maximum absolute atomic E-state index is 11.5. The average Bonchev–Trinajstić information content (AvgIpc) is 2.60. The van der Waals surface area contributed by atoms with Crippen LogP contribution in [0, 0.1) is 5.92 Å². The van der Waals surface area contributed by atoms with Gasteiger partial charge in [0.25, 0.3) is 0 Å². The Hall–Kier alpha value is -1.86. The molecule has 2 unspecified atom stereocenters. The van der Waals surface area contributed by atoms with E-state index in [-0.39, 0.29) is 17.9 Å². The van der Waals surface area contributed by atoms with Crippen LogP contribution in [0.2, 0.25) is 0 Å². The molecule has 2 atom stereocenters. The van der Waals surface area contributed by atoms with Gasteiger partial charge in [-0.15, -0.1) is 11.8 Å². The number of methoxy groups -OCH3 is 3. The van der Waals surface area contributed by atoms with E-state index in [2.05, 4.69) is 17.8 Å². The number of carbonyl (C=O) groups is 1. The Kier molecular flexibility index (Phi) is 6.61. The Labute approximate surface area is 153 Å². The predicted molar refractivity (Wildman–Crippen MR) is 100 cm³/mol. The van der Waals surface area contributed by atoms with Gasteiger partial charge in [-0.1, -0.05) is 18.6 Å². The normalized spacial score (nSPS) is 20.9. The number of benzene rings is 1. The van der Waals surface area contributed by atoms with E-state index < -0.39 is 0 Å². The number of ether oxygens (including phenoxy) is 3. The van der Waals surface area contributed by atoms with Gasteiger partial charge in [0.05, 0.1) is 32.3 Å². The SMILES string of the molecule is COc1cc(/C=C(\C)C2NNC(=O)CC2C)c(OC)c(OC)c1SC. The van der Waals surface area contributed by atoms with Crippen LogP contribution in [0.5, 0.6) is 17.2 Å². The monoisotopic (exact) mass is 366 g/mol. The predicted octanol–water partition coefficient (Wildman–Crippen LogP) is 2.87. The first kappa shape index (κ1) is 19.5. The zero-order valence-corrected chi connectivity index (χ0v) is 16.4. The van der Waals surface area contributed by atoms with Gasteiger partial charge in [-0.05, 0) is 25.2 Å². The second-order valence-corrected chi connectivity index (χ2v) is 6.82. The molecule has 1 aliphatic heterocycles. The zero-order valence-electron chi connectivity index (χ0n) is 15.6. The lowest BCUT2D eigenvalue weighted by molar-refractivity contribution is -0.125. The summed E-state index contributed by atoms with van der Waals surface area (Å²) in [6.45, 7) is 4.09. The van der Waals surface area contributed by atoms with Crippen LogP contribution < -0.4 is 25.1 Å². The molecule has 1 aromatic rings. The Bertz CT molecular complexity index is 676. The number of rotatable bonds is 6. The third-order valence-electron chi connectivity index (χ3n) is 4.33. The molecule has 1 heterocycles. The van der Waals surface area contributed by atoms with Crippen molar-refractivity contribution >= 4 is 23.7 Å². The Morgan fingerprint density at radius 2 is 1.92 bits per heavy atom. The number of amides is 1. The van der Waals surface area contributed by atoms with E-state index in [9.17, 15) is 4.79 Å². The number of nitrogens with one attached hydrogen (secondary N) is 2. The van der Waals surface area contributed by atoms with Crippen LogP contribution in [-0.2, 0) is 4.79 Å².